The molecule has 0 bridgehead atoms. The number of hydrogen-bond donors (Lipinski definition) is 0. The Morgan fingerprint density at radius 3 is 1.81 bits per heavy atom. The van der Waals surface area contributed by atoms with Crippen LogP contribution in [0.15, 0.2) is 12.7 Å². The van der Waals surface area contributed by atoms with Crippen molar-refractivity contribution in [1.29, 1.82) is 0 Å². The molecule has 0 spiro atoms. The van der Waals surface area contributed by atoms with Crippen molar-refractivity contribution in [2.24, 2.45) is 23.7 Å². The zero-order valence-electron chi connectivity index (χ0n) is 18.2. The smallest absolute Gasteiger partial charge is 0.330 e. The Bertz CT molecular complexity index is 600. The molecule has 3 aliphatic carbocycles. The fourth-order valence-corrected chi connectivity index (χ4v) is 5.85. The molecule has 0 aromatic rings. The standard InChI is InChI=1S/C24H35F3O4/c1-2-22(28)30-12-11-23(29)31-19-9-7-16(8-10-19)15-3-5-17(6-4-15)18-13-20(25)24(27)21(26)14-18/h2,15-21,24H,1,3-14H2. The second-order valence-corrected chi connectivity index (χ2v) is 9.53. The average molecular weight is 445 g/mol. The second-order valence-electron chi connectivity index (χ2n) is 9.53. The van der Waals surface area contributed by atoms with E-state index in [4.69, 9.17) is 9.47 Å². The zero-order valence-corrected chi connectivity index (χ0v) is 18.2. The van der Waals surface area contributed by atoms with Crippen LogP contribution in [0.1, 0.15) is 70.6 Å². The van der Waals surface area contributed by atoms with Crippen LogP contribution in [-0.4, -0.2) is 43.2 Å². The van der Waals surface area contributed by atoms with E-state index >= 15 is 0 Å². The highest BCUT2D eigenvalue weighted by Gasteiger charge is 2.42. The molecule has 0 aromatic carbocycles. The summed E-state index contributed by atoms with van der Waals surface area (Å²) in [6.07, 6.45) is 3.93. The van der Waals surface area contributed by atoms with Gasteiger partial charge in [-0.1, -0.05) is 6.58 Å². The maximum atomic E-state index is 13.8. The summed E-state index contributed by atoms with van der Waals surface area (Å²) in [6.45, 7) is 3.30. The van der Waals surface area contributed by atoms with E-state index in [-0.39, 0.29) is 43.9 Å². The first-order valence-corrected chi connectivity index (χ1v) is 11.8. The maximum Gasteiger partial charge on any atom is 0.330 e. The third-order valence-corrected chi connectivity index (χ3v) is 7.63. The van der Waals surface area contributed by atoms with Crippen molar-refractivity contribution in [3.8, 4) is 0 Å². The fraction of sp³-hybridized carbons (Fsp3) is 0.833. The molecule has 2 unspecified atom stereocenters. The summed E-state index contributed by atoms with van der Waals surface area (Å²) in [5.41, 5.74) is 0. The lowest BCUT2D eigenvalue weighted by Gasteiger charge is -2.41. The van der Waals surface area contributed by atoms with E-state index in [1.807, 2.05) is 0 Å². The van der Waals surface area contributed by atoms with E-state index in [2.05, 4.69) is 6.58 Å². The molecule has 0 N–H and O–H groups in total. The van der Waals surface area contributed by atoms with Crippen LogP contribution in [0.4, 0.5) is 13.2 Å². The molecular weight excluding hydrogens is 409 g/mol. The van der Waals surface area contributed by atoms with Crippen molar-refractivity contribution >= 4 is 11.9 Å². The fourth-order valence-electron chi connectivity index (χ4n) is 5.85. The minimum atomic E-state index is -1.95. The molecule has 0 amide bonds. The predicted molar refractivity (Wildman–Crippen MR) is 110 cm³/mol. The Morgan fingerprint density at radius 2 is 1.29 bits per heavy atom. The Labute approximate surface area is 182 Å². The third-order valence-electron chi connectivity index (χ3n) is 7.63. The molecule has 3 fully saturated rings. The van der Waals surface area contributed by atoms with Gasteiger partial charge in [0.05, 0.1) is 6.42 Å². The van der Waals surface area contributed by atoms with Gasteiger partial charge in [-0.25, -0.2) is 18.0 Å². The van der Waals surface area contributed by atoms with Gasteiger partial charge in [-0.15, -0.1) is 0 Å². The second kappa shape index (κ2) is 11.4. The number of halogens is 3. The van der Waals surface area contributed by atoms with Gasteiger partial charge in [-0.3, -0.25) is 4.79 Å². The minimum Gasteiger partial charge on any atom is -0.462 e. The van der Waals surface area contributed by atoms with Gasteiger partial charge >= 0.3 is 11.9 Å². The zero-order chi connectivity index (χ0) is 22.4. The molecule has 7 heteroatoms. The molecule has 0 aliphatic heterocycles. The number of carbonyl (C=O) groups is 2. The van der Waals surface area contributed by atoms with Gasteiger partial charge in [0.2, 0.25) is 0 Å². The van der Waals surface area contributed by atoms with Crippen molar-refractivity contribution in [3.63, 3.8) is 0 Å². The predicted octanol–water partition coefficient (Wildman–Crippen LogP) is 5.44. The van der Waals surface area contributed by atoms with E-state index in [0.29, 0.717) is 17.8 Å². The number of esters is 2. The Kier molecular flexibility index (Phi) is 8.85. The van der Waals surface area contributed by atoms with E-state index in [9.17, 15) is 22.8 Å². The lowest BCUT2D eigenvalue weighted by molar-refractivity contribution is -0.153. The Hall–Kier alpha value is -1.53. The SMILES string of the molecule is C=CC(=O)OCCC(=O)OC1CCC(C2CCC(C3CC(F)C(F)C(F)C3)CC2)CC1. The Morgan fingerprint density at radius 1 is 0.806 bits per heavy atom. The molecule has 0 aromatic heterocycles. The molecule has 0 radical (unpaired) electrons. The quantitative estimate of drug-likeness (QED) is 0.388. The van der Waals surface area contributed by atoms with Crippen LogP contribution < -0.4 is 0 Å². The minimum absolute atomic E-state index is 0.00154. The number of hydrogen-bond acceptors (Lipinski definition) is 4. The van der Waals surface area contributed by atoms with Crippen LogP contribution in [0.5, 0.6) is 0 Å². The molecule has 4 nitrogen and oxygen atoms in total. The van der Waals surface area contributed by atoms with Gasteiger partial charge in [0.1, 0.15) is 25.1 Å². The van der Waals surface area contributed by atoms with Gasteiger partial charge in [0.15, 0.2) is 6.17 Å². The summed E-state index contributed by atoms with van der Waals surface area (Å²) in [5.74, 6) is 0.611. The lowest BCUT2D eigenvalue weighted by Crippen LogP contribution is -2.40. The van der Waals surface area contributed by atoms with Crippen LogP contribution in [-0.2, 0) is 19.1 Å². The van der Waals surface area contributed by atoms with Gasteiger partial charge < -0.3 is 9.47 Å². The summed E-state index contributed by atoms with van der Waals surface area (Å²) >= 11 is 0. The largest absolute Gasteiger partial charge is 0.462 e. The third kappa shape index (κ3) is 6.72. The molecule has 3 aliphatic rings. The molecular formula is C24H35F3O4. The molecule has 3 rings (SSSR count). The van der Waals surface area contributed by atoms with E-state index in [0.717, 1.165) is 57.4 Å². The van der Waals surface area contributed by atoms with Crippen molar-refractivity contribution in [2.75, 3.05) is 6.61 Å². The van der Waals surface area contributed by atoms with E-state index < -0.39 is 24.5 Å². The highest BCUT2D eigenvalue weighted by atomic mass is 19.2. The first-order chi connectivity index (χ1) is 14.9. The molecule has 0 saturated heterocycles. The summed E-state index contributed by atoms with van der Waals surface area (Å²) in [4.78, 5) is 22.9. The highest BCUT2D eigenvalue weighted by molar-refractivity contribution is 5.81. The topological polar surface area (TPSA) is 52.6 Å². The van der Waals surface area contributed by atoms with Gasteiger partial charge in [-0.2, -0.15) is 0 Å². The highest BCUT2D eigenvalue weighted by Crippen LogP contribution is 2.46. The molecule has 176 valence electrons. The van der Waals surface area contributed by atoms with Gasteiger partial charge in [0, 0.05) is 6.08 Å². The number of rotatable bonds is 7. The van der Waals surface area contributed by atoms with Crippen LogP contribution in [0, 0.1) is 23.7 Å². The Balaban J connectivity index is 1.33. The maximum absolute atomic E-state index is 13.8. The van der Waals surface area contributed by atoms with Crippen molar-refractivity contribution in [2.45, 2.75) is 95.2 Å². The van der Waals surface area contributed by atoms with Crippen LogP contribution in [0.3, 0.4) is 0 Å². The van der Waals surface area contributed by atoms with E-state index in [1.165, 1.54) is 0 Å². The van der Waals surface area contributed by atoms with Gasteiger partial charge in [0.25, 0.3) is 0 Å². The van der Waals surface area contributed by atoms with Crippen molar-refractivity contribution in [1.82, 2.24) is 0 Å². The molecule has 3 saturated carbocycles. The van der Waals surface area contributed by atoms with Crippen molar-refractivity contribution < 1.29 is 32.2 Å². The summed E-state index contributed by atoms with van der Waals surface area (Å²) < 4.78 is 51.3. The summed E-state index contributed by atoms with van der Waals surface area (Å²) in [5, 5.41) is 0. The van der Waals surface area contributed by atoms with Crippen LogP contribution in [0.2, 0.25) is 0 Å². The van der Waals surface area contributed by atoms with Crippen molar-refractivity contribution in [3.05, 3.63) is 12.7 Å². The monoisotopic (exact) mass is 444 g/mol. The summed E-state index contributed by atoms with van der Waals surface area (Å²) in [7, 11) is 0. The van der Waals surface area contributed by atoms with E-state index in [1.54, 1.807) is 0 Å². The average Bonchev–Trinajstić information content (AvgIpc) is 2.77. The number of alkyl halides is 3. The first kappa shape index (κ1) is 24.1. The molecule has 0 heterocycles. The molecule has 31 heavy (non-hydrogen) atoms. The number of carbonyl (C=O) groups excluding carboxylic acids is 2. The van der Waals surface area contributed by atoms with Crippen LogP contribution >= 0.6 is 0 Å². The molecule has 2 atom stereocenters. The van der Waals surface area contributed by atoms with Gasteiger partial charge in [-0.05, 0) is 87.9 Å². The normalized spacial score (nSPS) is 38.8. The lowest BCUT2D eigenvalue weighted by atomic mass is 9.66. The number of ether oxygens (including phenoxy) is 2. The summed E-state index contributed by atoms with van der Waals surface area (Å²) in [6, 6.07) is 0. The van der Waals surface area contributed by atoms with Crippen LogP contribution in [0.25, 0.3) is 0 Å². The first-order valence-electron chi connectivity index (χ1n) is 11.8.